The summed E-state index contributed by atoms with van der Waals surface area (Å²) in [6, 6.07) is 8.78. The molecule has 0 saturated carbocycles. The summed E-state index contributed by atoms with van der Waals surface area (Å²) in [5.74, 6) is -1.21. The van der Waals surface area contributed by atoms with E-state index in [4.69, 9.17) is 4.84 Å². The van der Waals surface area contributed by atoms with Crippen LogP contribution in [0.3, 0.4) is 0 Å². The third-order valence-corrected chi connectivity index (χ3v) is 3.24. The third kappa shape index (κ3) is 5.30. The first kappa shape index (κ1) is 18.4. The van der Waals surface area contributed by atoms with Gasteiger partial charge in [-0.3, -0.25) is 4.79 Å². The van der Waals surface area contributed by atoms with E-state index in [2.05, 4.69) is 10.5 Å². The Hall–Kier alpha value is -2.90. The van der Waals surface area contributed by atoms with E-state index in [9.17, 15) is 22.4 Å². The van der Waals surface area contributed by atoms with Gasteiger partial charge in [0.25, 0.3) is 5.91 Å². The molecule has 0 radical (unpaired) electrons. The molecule has 2 rings (SSSR count). The van der Waals surface area contributed by atoms with Crippen LogP contribution in [0.1, 0.15) is 16.7 Å². The maximum Gasteiger partial charge on any atom is 0.416 e. The first-order valence-electron chi connectivity index (χ1n) is 7.15. The molecule has 25 heavy (non-hydrogen) atoms. The number of hydrogen-bond acceptors (Lipinski definition) is 3. The summed E-state index contributed by atoms with van der Waals surface area (Å²) in [4.78, 5) is 16.4. The molecule has 0 fully saturated rings. The van der Waals surface area contributed by atoms with E-state index in [0.717, 1.165) is 18.3 Å². The van der Waals surface area contributed by atoms with Crippen LogP contribution in [-0.4, -0.2) is 12.1 Å². The van der Waals surface area contributed by atoms with Gasteiger partial charge in [-0.05, 0) is 30.7 Å². The van der Waals surface area contributed by atoms with Crippen LogP contribution in [0, 0.1) is 12.7 Å². The molecule has 2 aromatic carbocycles. The van der Waals surface area contributed by atoms with Crippen LogP contribution in [0.25, 0.3) is 0 Å². The summed E-state index contributed by atoms with van der Waals surface area (Å²) in [6.07, 6.45) is -3.74. The number of nitrogens with one attached hydrogen (secondary N) is 1. The minimum atomic E-state index is -4.50. The SMILES string of the molecule is Cc1ccc(F)cc1NC(=O)C=NOCc1ccccc1C(F)(F)F. The van der Waals surface area contributed by atoms with Crippen LogP contribution >= 0.6 is 0 Å². The first-order chi connectivity index (χ1) is 11.8. The van der Waals surface area contributed by atoms with Gasteiger partial charge in [-0.15, -0.1) is 0 Å². The summed E-state index contributed by atoms with van der Waals surface area (Å²) in [7, 11) is 0. The van der Waals surface area contributed by atoms with E-state index in [1.165, 1.54) is 30.3 Å². The Morgan fingerprint density at radius 3 is 2.68 bits per heavy atom. The Balaban J connectivity index is 1.94. The van der Waals surface area contributed by atoms with Gasteiger partial charge in [0, 0.05) is 11.3 Å². The van der Waals surface area contributed by atoms with Gasteiger partial charge in [0.15, 0.2) is 0 Å². The highest BCUT2D eigenvalue weighted by molar-refractivity contribution is 6.31. The molecule has 0 unspecified atom stereocenters. The van der Waals surface area contributed by atoms with E-state index in [-0.39, 0.29) is 11.3 Å². The predicted octanol–water partition coefficient (Wildman–Crippen LogP) is 4.29. The van der Waals surface area contributed by atoms with E-state index in [0.29, 0.717) is 5.56 Å². The fourth-order valence-corrected chi connectivity index (χ4v) is 2.01. The highest BCUT2D eigenvalue weighted by Crippen LogP contribution is 2.32. The summed E-state index contributed by atoms with van der Waals surface area (Å²) in [5.41, 5.74) is -0.0272. The molecule has 0 aliphatic rings. The number of anilines is 1. The first-order valence-corrected chi connectivity index (χ1v) is 7.15. The molecule has 0 aromatic heterocycles. The molecule has 0 aliphatic carbocycles. The van der Waals surface area contributed by atoms with Crippen LogP contribution in [0.4, 0.5) is 23.2 Å². The highest BCUT2D eigenvalue weighted by Gasteiger charge is 2.32. The van der Waals surface area contributed by atoms with Gasteiger partial charge in [-0.2, -0.15) is 13.2 Å². The molecule has 0 saturated heterocycles. The topological polar surface area (TPSA) is 50.7 Å². The normalized spacial score (nSPS) is 11.6. The van der Waals surface area contributed by atoms with Crippen molar-refractivity contribution in [2.75, 3.05) is 5.32 Å². The number of rotatable bonds is 5. The van der Waals surface area contributed by atoms with Crippen molar-refractivity contribution in [3.05, 3.63) is 65.0 Å². The number of aryl methyl sites for hydroxylation is 1. The minimum Gasteiger partial charge on any atom is -0.391 e. The van der Waals surface area contributed by atoms with Crippen molar-refractivity contribution in [3.63, 3.8) is 0 Å². The molecule has 0 heterocycles. The average Bonchev–Trinajstić information content (AvgIpc) is 2.54. The molecule has 1 N–H and O–H groups in total. The monoisotopic (exact) mass is 354 g/mol. The molecule has 0 bridgehead atoms. The number of benzene rings is 2. The molecule has 0 aliphatic heterocycles. The zero-order valence-corrected chi connectivity index (χ0v) is 13.1. The second-order valence-electron chi connectivity index (χ2n) is 5.11. The largest absolute Gasteiger partial charge is 0.416 e. The van der Waals surface area contributed by atoms with Crippen molar-refractivity contribution in [2.45, 2.75) is 19.7 Å². The molecular weight excluding hydrogens is 340 g/mol. The van der Waals surface area contributed by atoms with E-state index >= 15 is 0 Å². The Kier molecular flexibility index (Phi) is 5.74. The lowest BCUT2D eigenvalue weighted by Gasteiger charge is -2.11. The standard InChI is InChI=1S/C17H14F4N2O2/c1-11-6-7-13(18)8-15(11)23-16(24)9-22-25-10-12-4-2-3-5-14(12)17(19,20)21/h2-9H,10H2,1H3,(H,23,24). The third-order valence-electron chi connectivity index (χ3n) is 3.24. The van der Waals surface area contributed by atoms with Gasteiger partial charge in [-0.1, -0.05) is 29.4 Å². The summed E-state index contributed by atoms with van der Waals surface area (Å²) in [6.45, 7) is 1.23. The second-order valence-corrected chi connectivity index (χ2v) is 5.11. The van der Waals surface area contributed by atoms with Gasteiger partial charge in [-0.25, -0.2) is 4.39 Å². The van der Waals surface area contributed by atoms with Crippen molar-refractivity contribution >= 4 is 17.8 Å². The van der Waals surface area contributed by atoms with Crippen LogP contribution < -0.4 is 5.32 Å². The van der Waals surface area contributed by atoms with Crippen molar-refractivity contribution < 1.29 is 27.2 Å². The summed E-state index contributed by atoms with van der Waals surface area (Å²) < 4.78 is 51.6. The Morgan fingerprint density at radius 1 is 1.24 bits per heavy atom. The molecule has 2 aromatic rings. The van der Waals surface area contributed by atoms with E-state index < -0.39 is 30.1 Å². The number of oxime groups is 1. The molecule has 1 amide bonds. The fourth-order valence-electron chi connectivity index (χ4n) is 2.01. The smallest absolute Gasteiger partial charge is 0.391 e. The lowest BCUT2D eigenvalue weighted by atomic mass is 10.1. The number of nitrogens with zero attached hydrogens (tertiary/aromatic N) is 1. The molecule has 0 atom stereocenters. The van der Waals surface area contributed by atoms with Crippen LogP contribution in [0.5, 0.6) is 0 Å². The molecular formula is C17H14F4N2O2. The van der Waals surface area contributed by atoms with Gasteiger partial charge >= 0.3 is 6.18 Å². The quantitative estimate of drug-likeness (QED) is 0.495. The minimum absolute atomic E-state index is 0.103. The Morgan fingerprint density at radius 2 is 1.96 bits per heavy atom. The number of carbonyl (C=O) groups is 1. The predicted molar refractivity (Wildman–Crippen MR) is 84.5 cm³/mol. The lowest BCUT2D eigenvalue weighted by molar-refractivity contribution is -0.138. The molecule has 0 spiro atoms. The van der Waals surface area contributed by atoms with Crippen molar-refractivity contribution in [2.24, 2.45) is 5.16 Å². The lowest BCUT2D eigenvalue weighted by Crippen LogP contribution is -2.14. The van der Waals surface area contributed by atoms with E-state index in [1.54, 1.807) is 6.92 Å². The number of hydrogen-bond donors (Lipinski definition) is 1. The zero-order valence-electron chi connectivity index (χ0n) is 13.1. The van der Waals surface area contributed by atoms with Gasteiger partial charge in [0.05, 0.1) is 5.56 Å². The van der Waals surface area contributed by atoms with Gasteiger partial charge < -0.3 is 10.2 Å². The van der Waals surface area contributed by atoms with Gasteiger partial charge in [0.1, 0.15) is 18.6 Å². The van der Waals surface area contributed by atoms with Crippen LogP contribution in [-0.2, 0) is 22.4 Å². The van der Waals surface area contributed by atoms with Crippen LogP contribution in [0.15, 0.2) is 47.6 Å². The molecule has 132 valence electrons. The van der Waals surface area contributed by atoms with E-state index in [1.807, 2.05) is 0 Å². The molecule has 8 heteroatoms. The number of alkyl halides is 3. The Bertz CT molecular complexity index is 788. The number of amides is 1. The number of halogens is 4. The van der Waals surface area contributed by atoms with Crippen molar-refractivity contribution in [3.8, 4) is 0 Å². The maximum atomic E-state index is 13.1. The fraction of sp³-hybridized carbons (Fsp3) is 0.176. The summed E-state index contributed by atoms with van der Waals surface area (Å²) in [5, 5.41) is 5.74. The second kappa shape index (κ2) is 7.78. The summed E-state index contributed by atoms with van der Waals surface area (Å²) >= 11 is 0. The van der Waals surface area contributed by atoms with Crippen molar-refractivity contribution in [1.29, 1.82) is 0 Å². The van der Waals surface area contributed by atoms with Crippen LogP contribution in [0.2, 0.25) is 0 Å². The van der Waals surface area contributed by atoms with Crippen molar-refractivity contribution in [1.82, 2.24) is 0 Å². The van der Waals surface area contributed by atoms with Gasteiger partial charge in [0.2, 0.25) is 0 Å². The zero-order chi connectivity index (χ0) is 18.4. The molecule has 4 nitrogen and oxygen atoms in total. The number of carbonyl (C=O) groups excluding carboxylic acids is 1. The Labute approximate surface area is 141 Å². The maximum absolute atomic E-state index is 13.1. The highest BCUT2D eigenvalue weighted by atomic mass is 19.4. The average molecular weight is 354 g/mol.